The van der Waals surface area contributed by atoms with Crippen molar-refractivity contribution in [1.29, 1.82) is 0 Å². The number of carbonyl (C=O) groups is 1. The maximum absolute atomic E-state index is 12.5. The number of aryl methyl sites for hydroxylation is 1. The number of carbonyl (C=O) groups excluding carboxylic acids is 1. The molecule has 0 fully saturated rings. The van der Waals surface area contributed by atoms with Crippen LogP contribution in [0.25, 0.3) is 0 Å². The number of anilines is 3. The third-order valence-corrected chi connectivity index (χ3v) is 8.60. The van der Waals surface area contributed by atoms with Gasteiger partial charge in [-0.2, -0.15) is 4.31 Å². The highest BCUT2D eigenvalue weighted by Gasteiger charge is 2.22. The van der Waals surface area contributed by atoms with Gasteiger partial charge in [-0.3, -0.25) is 4.79 Å². The molecule has 0 bridgehead atoms. The lowest BCUT2D eigenvalue weighted by atomic mass is 10.2. The molecule has 0 aliphatic carbocycles. The van der Waals surface area contributed by atoms with Crippen LogP contribution in [0, 0.1) is 6.92 Å². The van der Waals surface area contributed by atoms with Crippen molar-refractivity contribution in [1.82, 2.24) is 14.5 Å². The Balaban J connectivity index is 1.52. The molecule has 2 aromatic carbocycles. The van der Waals surface area contributed by atoms with Gasteiger partial charge in [0, 0.05) is 24.5 Å². The second-order valence-corrected chi connectivity index (χ2v) is 11.5. The van der Waals surface area contributed by atoms with Crippen molar-refractivity contribution in [2.45, 2.75) is 36.0 Å². The molecule has 1 amide bonds. The predicted octanol–water partition coefficient (Wildman–Crippen LogP) is 4.35. The van der Waals surface area contributed by atoms with E-state index in [-0.39, 0.29) is 22.6 Å². The highest BCUT2D eigenvalue weighted by Crippen LogP contribution is 2.28. The van der Waals surface area contributed by atoms with E-state index in [4.69, 9.17) is 0 Å². The average molecular weight is 492 g/mol. The Hall–Kier alpha value is -2.47. The minimum Gasteiger partial charge on any atom is -0.330 e. The summed E-state index contributed by atoms with van der Waals surface area (Å²) in [5.74, 6) is -0.0527. The predicted molar refractivity (Wildman–Crippen MR) is 130 cm³/mol. The normalized spacial score (nSPS) is 11.7. The standard InChI is InChI=1S/C21H25N5O3S3/c1-14(2)26(4)32(28,29)18-11-9-16(10-12-18)22-19(27)13-30-21-25-24-20(31-21)23-17-7-5-15(3)6-8-17/h5-12,14H,13H2,1-4H3,(H,22,27)(H,23,24). The largest absolute Gasteiger partial charge is 0.330 e. The van der Waals surface area contributed by atoms with Gasteiger partial charge in [0.05, 0.1) is 10.6 Å². The van der Waals surface area contributed by atoms with Gasteiger partial charge in [0.25, 0.3) is 0 Å². The van der Waals surface area contributed by atoms with E-state index in [0.717, 1.165) is 5.69 Å². The number of hydrogen-bond acceptors (Lipinski definition) is 8. The maximum atomic E-state index is 12.5. The summed E-state index contributed by atoms with van der Waals surface area (Å²) in [6, 6.07) is 13.9. The molecule has 0 aliphatic heterocycles. The van der Waals surface area contributed by atoms with Crippen LogP contribution in [0.3, 0.4) is 0 Å². The molecule has 11 heteroatoms. The van der Waals surface area contributed by atoms with Crippen molar-refractivity contribution in [2.24, 2.45) is 0 Å². The van der Waals surface area contributed by atoms with E-state index >= 15 is 0 Å². The number of nitrogens with one attached hydrogen (secondary N) is 2. The minimum atomic E-state index is -3.56. The Morgan fingerprint density at radius 1 is 1.06 bits per heavy atom. The summed E-state index contributed by atoms with van der Waals surface area (Å²) in [5.41, 5.74) is 2.63. The highest BCUT2D eigenvalue weighted by atomic mass is 32.2. The van der Waals surface area contributed by atoms with Crippen LogP contribution >= 0.6 is 23.1 Å². The molecule has 3 rings (SSSR count). The third-order valence-electron chi connectivity index (χ3n) is 4.58. The first-order valence-electron chi connectivity index (χ1n) is 9.83. The van der Waals surface area contributed by atoms with Crippen molar-refractivity contribution in [3.8, 4) is 0 Å². The second kappa shape index (κ2) is 10.4. The first-order valence-corrected chi connectivity index (χ1v) is 13.1. The molecule has 0 unspecified atom stereocenters. The van der Waals surface area contributed by atoms with Gasteiger partial charge in [0.1, 0.15) is 0 Å². The topological polar surface area (TPSA) is 104 Å². The summed E-state index contributed by atoms with van der Waals surface area (Å²) >= 11 is 2.65. The van der Waals surface area contributed by atoms with Crippen LogP contribution in [-0.4, -0.2) is 47.7 Å². The number of rotatable bonds is 9. The molecule has 0 spiro atoms. The molecule has 0 saturated carbocycles. The minimum absolute atomic E-state index is 0.149. The van der Waals surface area contributed by atoms with Crippen LogP contribution in [0.2, 0.25) is 0 Å². The van der Waals surface area contributed by atoms with Gasteiger partial charge in [-0.15, -0.1) is 10.2 Å². The molecule has 1 heterocycles. The van der Waals surface area contributed by atoms with Crippen LogP contribution < -0.4 is 10.6 Å². The number of aromatic nitrogens is 2. The van der Waals surface area contributed by atoms with Gasteiger partial charge in [-0.05, 0) is 57.2 Å². The molecule has 2 N–H and O–H groups in total. The zero-order valence-electron chi connectivity index (χ0n) is 18.2. The van der Waals surface area contributed by atoms with E-state index in [0.29, 0.717) is 15.2 Å². The summed E-state index contributed by atoms with van der Waals surface area (Å²) in [4.78, 5) is 12.5. The quantitative estimate of drug-likeness (QED) is 0.429. The fourth-order valence-corrected chi connectivity index (χ4v) is 5.50. The lowest BCUT2D eigenvalue weighted by Gasteiger charge is -2.21. The summed E-state index contributed by atoms with van der Waals surface area (Å²) < 4.78 is 27.0. The van der Waals surface area contributed by atoms with Gasteiger partial charge in [-0.1, -0.05) is 40.8 Å². The number of thioether (sulfide) groups is 1. The molecule has 0 radical (unpaired) electrons. The molecule has 0 saturated heterocycles. The fraction of sp³-hybridized carbons (Fsp3) is 0.286. The Morgan fingerprint density at radius 2 is 1.69 bits per heavy atom. The molecule has 0 atom stereocenters. The zero-order valence-corrected chi connectivity index (χ0v) is 20.6. The molecular formula is C21H25N5O3S3. The lowest BCUT2D eigenvalue weighted by Crippen LogP contribution is -2.33. The van der Waals surface area contributed by atoms with E-state index in [9.17, 15) is 13.2 Å². The van der Waals surface area contributed by atoms with Gasteiger partial charge >= 0.3 is 0 Å². The van der Waals surface area contributed by atoms with Crippen LogP contribution in [0.5, 0.6) is 0 Å². The zero-order chi connectivity index (χ0) is 23.3. The monoisotopic (exact) mass is 491 g/mol. The van der Waals surface area contributed by atoms with Crippen LogP contribution in [-0.2, 0) is 14.8 Å². The van der Waals surface area contributed by atoms with Gasteiger partial charge in [-0.25, -0.2) is 8.42 Å². The molecule has 32 heavy (non-hydrogen) atoms. The Morgan fingerprint density at radius 3 is 2.31 bits per heavy atom. The van der Waals surface area contributed by atoms with Crippen LogP contribution in [0.15, 0.2) is 57.8 Å². The highest BCUT2D eigenvalue weighted by molar-refractivity contribution is 8.01. The van der Waals surface area contributed by atoms with Crippen LogP contribution in [0.1, 0.15) is 19.4 Å². The summed E-state index contributed by atoms with van der Waals surface area (Å²) in [7, 11) is -2.01. The smallest absolute Gasteiger partial charge is 0.243 e. The summed E-state index contributed by atoms with van der Waals surface area (Å²) in [6.45, 7) is 5.64. The first-order chi connectivity index (χ1) is 15.1. The average Bonchev–Trinajstić information content (AvgIpc) is 3.21. The summed E-state index contributed by atoms with van der Waals surface area (Å²) in [5, 5.41) is 14.8. The third kappa shape index (κ3) is 6.28. The van der Waals surface area contributed by atoms with E-state index in [1.807, 2.05) is 45.0 Å². The van der Waals surface area contributed by atoms with Gasteiger partial charge in [0.15, 0.2) is 4.34 Å². The van der Waals surface area contributed by atoms with Crippen molar-refractivity contribution < 1.29 is 13.2 Å². The maximum Gasteiger partial charge on any atom is 0.243 e. The fourth-order valence-electron chi connectivity index (χ4n) is 2.56. The number of sulfonamides is 1. The van der Waals surface area contributed by atoms with Crippen LogP contribution in [0.4, 0.5) is 16.5 Å². The number of benzene rings is 2. The second-order valence-electron chi connectivity index (χ2n) is 7.34. The van der Waals surface area contributed by atoms with Crippen molar-refractivity contribution >= 4 is 55.5 Å². The van der Waals surface area contributed by atoms with Crippen molar-refractivity contribution in [2.75, 3.05) is 23.4 Å². The molecule has 8 nitrogen and oxygen atoms in total. The molecular weight excluding hydrogens is 466 g/mol. The SMILES string of the molecule is Cc1ccc(Nc2nnc(SCC(=O)Nc3ccc(S(=O)(=O)N(C)C(C)C)cc3)s2)cc1. The number of nitrogens with zero attached hydrogens (tertiary/aromatic N) is 3. The van der Waals surface area contributed by atoms with Gasteiger partial charge < -0.3 is 10.6 Å². The molecule has 3 aromatic rings. The van der Waals surface area contributed by atoms with E-state index in [2.05, 4.69) is 20.8 Å². The lowest BCUT2D eigenvalue weighted by molar-refractivity contribution is -0.113. The Kier molecular flexibility index (Phi) is 7.88. The number of amides is 1. The Labute approximate surface area is 196 Å². The van der Waals surface area contributed by atoms with Crippen molar-refractivity contribution in [3.05, 3.63) is 54.1 Å². The van der Waals surface area contributed by atoms with Crippen molar-refractivity contribution in [3.63, 3.8) is 0 Å². The Bertz CT molecular complexity index is 1160. The molecule has 170 valence electrons. The molecule has 0 aliphatic rings. The first kappa shape index (κ1) is 24.2. The van der Waals surface area contributed by atoms with E-state index < -0.39 is 10.0 Å². The van der Waals surface area contributed by atoms with E-state index in [1.165, 1.54) is 45.1 Å². The van der Waals surface area contributed by atoms with Gasteiger partial charge in [0.2, 0.25) is 21.1 Å². The summed E-state index contributed by atoms with van der Waals surface area (Å²) in [6.07, 6.45) is 0. The molecule has 1 aromatic heterocycles. The van der Waals surface area contributed by atoms with E-state index in [1.54, 1.807) is 19.2 Å². The number of hydrogen-bond donors (Lipinski definition) is 2.